The van der Waals surface area contributed by atoms with Crippen LogP contribution in [0.1, 0.15) is 0 Å². The minimum absolute atomic E-state index is 0.111. The van der Waals surface area contributed by atoms with E-state index in [1.165, 1.54) is 12.1 Å². The number of carboxylic acid groups (broad SMARTS) is 1. The van der Waals surface area contributed by atoms with Gasteiger partial charge in [0.15, 0.2) is 0 Å². The van der Waals surface area contributed by atoms with Crippen molar-refractivity contribution in [2.45, 2.75) is 0 Å². The van der Waals surface area contributed by atoms with Crippen LogP contribution >= 0.6 is 23.2 Å². The van der Waals surface area contributed by atoms with Gasteiger partial charge in [-0.15, -0.1) is 0 Å². The van der Waals surface area contributed by atoms with E-state index >= 15 is 0 Å². The summed E-state index contributed by atoms with van der Waals surface area (Å²) in [4.78, 5) is 10.0. The molecule has 4 N–H and O–H groups in total. The zero-order chi connectivity index (χ0) is 15.4. The van der Waals surface area contributed by atoms with Crippen LogP contribution in [0.15, 0.2) is 18.2 Å². The maximum Gasteiger partial charge on any atom is 0.138 e. The molecule has 0 aliphatic carbocycles. The maximum atomic E-state index is 10.0. The molecule has 8 heteroatoms. The van der Waals surface area contributed by atoms with Crippen LogP contribution in [0.4, 0.5) is 0 Å². The largest absolute Gasteiger partial charge is 0.546 e. The molecule has 0 aromatic heterocycles. The number of carboxylic acids is 1. The number of hydrogen-bond acceptors (Lipinski definition) is 5. The van der Waals surface area contributed by atoms with E-state index in [0.29, 0.717) is 18.2 Å². The zero-order valence-corrected chi connectivity index (χ0v) is 12.3. The van der Waals surface area contributed by atoms with E-state index in [2.05, 4.69) is 5.73 Å². The quantitative estimate of drug-likeness (QED) is 0.648. The first-order valence-electron chi connectivity index (χ1n) is 5.76. The number of ether oxygens (including phenoxy) is 2. The van der Waals surface area contributed by atoms with E-state index in [0.717, 1.165) is 6.54 Å². The van der Waals surface area contributed by atoms with Crippen LogP contribution in [0.25, 0.3) is 0 Å². The summed E-state index contributed by atoms with van der Waals surface area (Å²) in [6.45, 7) is 1.46. The van der Waals surface area contributed by atoms with Gasteiger partial charge < -0.3 is 30.2 Å². The van der Waals surface area contributed by atoms with Gasteiger partial charge in [0.25, 0.3) is 0 Å². The zero-order valence-electron chi connectivity index (χ0n) is 10.8. The molecule has 1 rings (SSSR count). The van der Waals surface area contributed by atoms with Gasteiger partial charge in [-0.3, -0.25) is 0 Å². The standard InChI is InChI=1S/C8H6Cl2O3.C4H11NO2/c9-5-1-2-7(6(10)3-5)13-4-8(11)12;5-1-3-7-4-2-6/h1-3H,4H2,(H,11,12);6H,1-5H2. The number of carbonyl (C=O) groups excluding carboxylic acids is 1. The fraction of sp³-hybridized carbons (Fsp3) is 0.417. The summed E-state index contributed by atoms with van der Waals surface area (Å²) >= 11 is 11.3. The topological polar surface area (TPSA) is 106 Å². The number of aliphatic carboxylic acids is 1. The number of quaternary nitrogens is 1. The molecule has 0 bridgehead atoms. The van der Waals surface area contributed by atoms with Gasteiger partial charge in [0.05, 0.1) is 37.4 Å². The minimum Gasteiger partial charge on any atom is -0.546 e. The van der Waals surface area contributed by atoms with Gasteiger partial charge in [0.1, 0.15) is 12.4 Å². The van der Waals surface area contributed by atoms with Crippen molar-refractivity contribution in [1.29, 1.82) is 0 Å². The molecule has 1 aromatic carbocycles. The van der Waals surface area contributed by atoms with E-state index in [-0.39, 0.29) is 17.4 Å². The third-order valence-corrected chi connectivity index (χ3v) is 2.29. The molecule has 1 aromatic rings. The highest BCUT2D eigenvalue weighted by molar-refractivity contribution is 6.35. The normalized spacial score (nSPS) is 9.60. The summed E-state index contributed by atoms with van der Waals surface area (Å²) in [5, 5.41) is 18.9. The highest BCUT2D eigenvalue weighted by Crippen LogP contribution is 2.27. The summed E-state index contributed by atoms with van der Waals surface area (Å²) in [7, 11) is 0. The second-order valence-corrected chi connectivity index (χ2v) is 4.27. The lowest BCUT2D eigenvalue weighted by Crippen LogP contribution is -2.52. The smallest absolute Gasteiger partial charge is 0.138 e. The first-order valence-corrected chi connectivity index (χ1v) is 6.52. The first kappa shape index (κ1) is 18.9. The van der Waals surface area contributed by atoms with Crippen molar-refractivity contribution in [2.24, 2.45) is 0 Å². The Balaban J connectivity index is 0.000000441. The Labute approximate surface area is 127 Å². The molecule has 0 spiro atoms. The van der Waals surface area contributed by atoms with Crippen LogP contribution < -0.4 is 15.6 Å². The van der Waals surface area contributed by atoms with Crippen molar-refractivity contribution in [3.05, 3.63) is 28.2 Å². The third-order valence-electron chi connectivity index (χ3n) is 1.76. The van der Waals surface area contributed by atoms with Crippen LogP contribution in [0.5, 0.6) is 5.75 Å². The van der Waals surface area contributed by atoms with Crippen LogP contribution in [-0.2, 0) is 9.53 Å². The lowest BCUT2D eigenvalue weighted by Gasteiger charge is -2.07. The molecular formula is C12H17Cl2NO5. The number of benzene rings is 1. The van der Waals surface area contributed by atoms with Crippen molar-refractivity contribution < 1.29 is 30.2 Å². The number of hydrogen-bond donors (Lipinski definition) is 2. The van der Waals surface area contributed by atoms with Gasteiger partial charge in [-0.1, -0.05) is 23.2 Å². The van der Waals surface area contributed by atoms with Gasteiger partial charge >= 0.3 is 0 Å². The molecule has 0 radical (unpaired) electrons. The molecule has 114 valence electrons. The molecule has 0 saturated carbocycles. The van der Waals surface area contributed by atoms with Crippen LogP contribution in [0.2, 0.25) is 10.0 Å². The molecular weight excluding hydrogens is 309 g/mol. The number of carbonyl (C=O) groups is 1. The Morgan fingerprint density at radius 1 is 1.35 bits per heavy atom. The molecule has 0 amide bonds. The molecule has 0 aliphatic heterocycles. The second kappa shape index (κ2) is 11.7. The van der Waals surface area contributed by atoms with Gasteiger partial charge in [0, 0.05) is 5.02 Å². The van der Waals surface area contributed by atoms with Gasteiger partial charge in [-0.25, -0.2) is 0 Å². The minimum atomic E-state index is -1.30. The van der Waals surface area contributed by atoms with Crippen LogP contribution in [0.3, 0.4) is 0 Å². The highest BCUT2D eigenvalue weighted by atomic mass is 35.5. The summed E-state index contributed by atoms with van der Waals surface area (Å²) < 4.78 is 9.62. The van der Waals surface area contributed by atoms with Crippen molar-refractivity contribution in [3.8, 4) is 5.75 Å². The average Bonchev–Trinajstić information content (AvgIpc) is 2.39. The lowest BCUT2D eigenvalue weighted by atomic mass is 10.3. The highest BCUT2D eigenvalue weighted by Gasteiger charge is 2.01. The fourth-order valence-electron chi connectivity index (χ4n) is 0.998. The summed E-state index contributed by atoms with van der Waals surface area (Å²) in [5.41, 5.74) is 3.55. The van der Waals surface area contributed by atoms with Gasteiger partial charge in [-0.05, 0) is 18.2 Å². The van der Waals surface area contributed by atoms with E-state index in [4.69, 9.17) is 37.8 Å². The molecule has 6 nitrogen and oxygen atoms in total. The van der Waals surface area contributed by atoms with Crippen molar-refractivity contribution >= 4 is 29.2 Å². The van der Waals surface area contributed by atoms with Crippen LogP contribution in [0, 0.1) is 0 Å². The molecule has 0 heterocycles. The van der Waals surface area contributed by atoms with E-state index in [9.17, 15) is 9.90 Å². The van der Waals surface area contributed by atoms with Crippen molar-refractivity contribution in [1.82, 2.24) is 0 Å². The summed E-state index contributed by atoms with van der Waals surface area (Å²) in [6.07, 6.45) is 0. The number of halogens is 2. The van der Waals surface area contributed by atoms with E-state index < -0.39 is 12.6 Å². The Morgan fingerprint density at radius 3 is 2.55 bits per heavy atom. The first-order chi connectivity index (χ1) is 9.51. The summed E-state index contributed by atoms with van der Waals surface area (Å²) in [6, 6.07) is 4.51. The van der Waals surface area contributed by atoms with E-state index in [1.807, 2.05) is 0 Å². The Morgan fingerprint density at radius 2 is 2.05 bits per heavy atom. The maximum absolute atomic E-state index is 10.0. The molecule has 0 fully saturated rings. The Bertz CT molecular complexity index is 399. The third kappa shape index (κ3) is 9.82. The lowest BCUT2D eigenvalue weighted by molar-refractivity contribution is -0.374. The molecule has 0 unspecified atom stereocenters. The number of aliphatic hydroxyl groups is 1. The predicted octanol–water partition coefficient (Wildman–Crippen LogP) is -0.641. The predicted molar refractivity (Wildman–Crippen MR) is 72.6 cm³/mol. The number of rotatable bonds is 7. The SMILES string of the molecule is O=C([O-])COc1ccc(Cl)cc1Cl.[NH3+]CCOCCO. The van der Waals surface area contributed by atoms with E-state index in [1.54, 1.807) is 6.07 Å². The molecule has 0 aliphatic rings. The molecule has 0 saturated heterocycles. The van der Waals surface area contributed by atoms with Crippen molar-refractivity contribution in [3.63, 3.8) is 0 Å². The van der Waals surface area contributed by atoms with Gasteiger partial charge in [0.2, 0.25) is 0 Å². The number of aliphatic hydroxyl groups excluding tert-OH is 1. The monoisotopic (exact) mass is 325 g/mol. The van der Waals surface area contributed by atoms with Crippen molar-refractivity contribution in [2.75, 3.05) is 33.0 Å². The Kier molecular flexibility index (Phi) is 11.1. The Hall–Kier alpha value is -1.05. The van der Waals surface area contributed by atoms with Crippen LogP contribution in [-0.4, -0.2) is 44.0 Å². The molecule has 0 atom stereocenters. The second-order valence-electron chi connectivity index (χ2n) is 3.42. The fourth-order valence-corrected chi connectivity index (χ4v) is 1.46. The van der Waals surface area contributed by atoms with Gasteiger partial charge in [-0.2, -0.15) is 0 Å². The molecule has 20 heavy (non-hydrogen) atoms. The average molecular weight is 326 g/mol. The summed E-state index contributed by atoms with van der Waals surface area (Å²) in [5.74, 6) is -1.03.